The first-order valence-corrected chi connectivity index (χ1v) is 13.6. The van der Waals surface area contributed by atoms with Gasteiger partial charge >= 0.3 is 0 Å². The zero-order valence-corrected chi connectivity index (χ0v) is 21.8. The number of fused-ring (bicyclic) bond motifs is 5. The number of nitrogens with zero attached hydrogens (tertiary/aromatic N) is 2. The van der Waals surface area contributed by atoms with Crippen LogP contribution in [-0.4, -0.2) is 9.97 Å². The van der Waals surface area contributed by atoms with Gasteiger partial charge in [0.15, 0.2) is 5.82 Å². The van der Waals surface area contributed by atoms with Crippen molar-refractivity contribution in [2.24, 2.45) is 0 Å². The molecule has 40 heavy (non-hydrogen) atoms. The predicted molar refractivity (Wildman–Crippen MR) is 168 cm³/mol. The summed E-state index contributed by atoms with van der Waals surface area (Å²) in [4.78, 5) is 10.6. The first-order chi connectivity index (χ1) is 19.8. The van der Waals surface area contributed by atoms with Gasteiger partial charge in [-0.15, -0.1) is 0 Å². The van der Waals surface area contributed by atoms with Crippen LogP contribution < -0.4 is 0 Å². The molecule has 1 heterocycles. The van der Waals surface area contributed by atoms with Gasteiger partial charge in [0, 0.05) is 22.1 Å². The Morgan fingerprint density at radius 1 is 0.375 bits per heavy atom. The van der Waals surface area contributed by atoms with E-state index in [1.807, 2.05) is 6.07 Å². The van der Waals surface area contributed by atoms with Gasteiger partial charge < -0.3 is 0 Å². The maximum absolute atomic E-state index is 5.35. The molecule has 8 rings (SSSR count). The van der Waals surface area contributed by atoms with E-state index in [2.05, 4.69) is 140 Å². The van der Waals surface area contributed by atoms with E-state index >= 15 is 0 Å². The zero-order chi connectivity index (χ0) is 26.5. The molecule has 0 bridgehead atoms. The second-order valence-electron chi connectivity index (χ2n) is 10.2. The lowest BCUT2D eigenvalue weighted by atomic mass is 9.92. The third-order valence-electron chi connectivity index (χ3n) is 7.84. The van der Waals surface area contributed by atoms with Gasteiger partial charge in [0.25, 0.3) is 0 Å². The van der Waals surface area contributed by atoms with Crippen LogP contribution in [0.2, 0.25) is 0 Å². The fourth-order valence-corrected chi connectivity index (χ4v) is 5.98. The molecule has 0 aliphatic carbocycles. The Balaban J connectivity index is 1.53. The highest BCUT2D eigenvalue weighted by Crippen LogP contribution is 2.40. The van der Waals surface area contributed by atoms with E-state index in [1.54, 1.807) is 0 Å². The Kier molecular flexibility index (Phi) is 5.17. The van der Waals surface area contributed by atoms with Crippen molar-refractivity contribution < 1.29 is 0 Å². The highest BCUT2D eigenvalue weighted by atomic mass is 14.9. The van der Waals surface area contributed by atoms with E-state index < -0.39 is 0 Å². The molecule has 0 fully saturated rings. The van der Waals surface area contributed by atoms with Crippen molar-refractivity contribution in [1.29, 1.82) is 0 Å². The molecule has 0 atom stereocenters. The average Bonchev–Trinajstić information content (AvgIpc) is 3.03. The normalized spacial score (nSPS) is 11.5. The Morgan fingerprint density at radius 2 is 0.975 bits per heavy atom. The standard InChI is InChI=1S/C38H24N2/c1-2-13-27(14-3-1)34-24-35(33-20-10-16-25-11-4-7-17-30(25)33)40-38(39-34)37-32-19-9-6-15-28(32)23-29-22-21-26-12-5-8-18-31(26)36(29)37/h1-24H. The monoisotopic (exact) mass is 508 g/mol. The van der Waals surface area contributed by atoms with E-state index in [0.29, 0.717) is 0 Å². The lowest BCUT2D eigenvalue weighted by molar-refractivity contribution is 1.19. The molecule has 0 unspecified atom stereocenters. The van der Waals surface area contributed by atoms with Crippen LogP contribution in [0.3, 0.4) is 0 Å². The van der Waals surface area contributed by atoms with Gasteiger partial charge in [-0.3, -0.25) is 0 Å². The van der Waals surface area contributed by atoms with E-state index in [1.165, 1.54) is 37.7 Å². The summed E-state index contributed by atoms with van der Waals surface area (Å²) in [7, 11) is 0. The molecule has 186 valence electrons. The van der Waals surface area contributed by atoms with Crippen molar-refractivity contribution in [3.63, 3.8) is 0 Å². The number of aromatic nitrogens is 2. The summed E-state index contributed by atoms with van der Waals surface area (Å²) in [5.74, 6) is 0.738. The van der Waals surface area contributed by atoms with E-state index in [0.717, 1.165) is 39.3 Å². The zero-order valence-electron chi connectivity index (χ0n) is 21.8. The molecular formula is C38H24N2. The van der Waals surface area contributed by atoms with Crippen LogP contribution in [0.5, 0.6) is 0 Å². The van der Waals surface area contributed by atoms with Gasteiger partial charge in [0.1, 0.15) is 0 Å². The van der Waals surface area contributed by atoms with E-state index in [-0.39, 0.29) is 0 Å². The molecule has 0 spiro atoms. The minimum absolute atomic E-state index is 0.738. The van der Waals surface area contributed by atoms with Gasteiger partial charge in [-0.05, 0) is 49.8 Å². The maximum atomic E-state index is 5.35. The van der Waals surface area contributed by atoms with Gasteiger partial charge in [-0.1, -0.05) is 133 Å². The average molecular weight is 509 g/mol. The topological polar surface area (TPSA) is 25.8 Å². The second-order valence-corrected chi connectivity index (χ2v) is 10.2. The molecule has 0 aliphatic rings. The van der Waals surface area contributed by atoms with Crippen molar-refractivity contribution in [2.45, 2.75) is 0 Å². The lowest BCUT2D eigenvalue weighted by Crippen LogP contribution is -1.98. The van der Waals surface area contributed by atoms with E-state index in [4.69, 9.17) is 9.97 Å². The van der Waals surface area contributed by atoms with Gasteiger partial charge in [-0.2, -0.15) is 0 Å². The van der Waals surface area contributed by atoms with Crippen molar-refractivity contribution in [1.82, 2.24) is 9.97 Å². The largest absolute Gasteiger partial charge is 0.228 e. The molecule has 2 heteroatoms. The quantitative estimate of drug-likeness (QED) is 0.175. The van der Waals surface area contributed by atoms with Gasteiger partial charge in [0.05, 0.1) is 11.4 Å². The van der Waals surface area contributed by atoms with Crippen LogP contribution in [0.4, 0.5) is 0 Å². The van der Waals surface area contributed by atoms with Gasteiger partial charge in [0.2, 0.25) is 0 Å². The molecule has 0 amide bonds. The van der Waals surface area contributed by atoms with Crippen LogP contribution in [0.15, 0.2) is 146 Å². The first kappa shape index (κ1) is 22.6. The van der Waals surface area contributed by atoms with Crippen LogP contribution in [0.1, 0.15) is 0 Å². The molecule has 0 saturated carbocycles. The summed E-state index contributed by atoms with van der Waals surface area (Å²) < 4.78 is 0. The fourth-order valence-electron chi connectivity index (χ4n) is 5.98. The smallest absolute Gasteiger partial charge is 0.161 e. The van der Waals surface area contributed by atoms with Crippen molar-refractivity contribution in [2.75, 3.05) is 0 Å². The van der Waals surface area contributed by atoms with Crippen LogP contribution in [-0.2, 0) is 0 Å². The minimum Gasteiger partial charge on any atom is -0.228 e. The Hall–Kier alpha value is -5.34. The first-order valence-electron chi connectivity index (χ1n) is 13.6. The van der Waals surface area contributed by atoms with Gasteiger partial charge in [-0.25, -0.2) is 9.97 Å². The maximum Gasteiger partial charge on any atom is 0.161 e. The summed E-state index contributed by atoms with van der Waals surface area (Å²) >= 11 is 0. The Labute approximate surface area is 232 Å². The highest BCUT2D eigenvalue weighted by Gasteiger charge is 2.18. The summed E-state index contributed by atoms with van der Waals surface area (Å²) in [6, 6.07) is 51.4. The van der Waals surface area contributed by atoms with Crippen molar-refractivity contribution in [3.05, 3.63) is 146 Å². The third-order valence-corrected chi connectivity index (χ3v) is 7.84. The minimum atomic E-state index is 0.738. The predicted octanol–water partition coefficient (Wildman–Crippen LogP) is 10.1. The van der Waals surface area contributed by atoms with Crippen LogP contribution in [0.25, 0.3) is 77.0 Å². The molecule has 2 nitrogen and oxygen atoms in total. The molecule has 0 aliphatic heterocycles. The molecule has 7 aromatic carbocycles. The fraction of sp³-hybridized carbons (Fsp3) is 0. The second kappa shape index (κ2) is 9.14. The Morgan fingerprint density at radius 3 is 1.80 bits per heavy atom. The molecule has 0 N–H and O–H groups in total. The SMILES string of the molecule is c1ccc(-c2cc(-c3cccc4ccccc34)nc(-c3c4ccccc4cc4ccc5ccccc5c34)n2)cc1. The molecule has 8 aromatic rings. The van der Waals surface area contributed by atoms with E-state index in [9.17, 15) is 0 Å². The summed E-state index contributed by atoms with van der Waals surface area (Å²) in [5, 5.41) is 9.51. The lowest BCUT2D eigenvalue weighted by Gasteiger charge is -2.16. The highest BCUT2D eigenvalue weighted by molar-refractivity contribution is 6.21. The molecular weight excluding hydrogens is 484 g/mol. The molecule has 1 aromatic heterocycles. The Bertz CT molecular complexity index is 2210. The molecule has 0 radical (unpaired) electrons. The number of hydrogen-bond donors (Lipinski definition) is 0. The number of hydrogen-bond acceptors (Lipinski definition) is 2. The summed E-state index contributed by atoms with van der Waals surface area (Å²) in [6.07, 6.45) is 0. The summed E-state index contributed by atoms with van der Waals surface area (Å²) in [5.41, 5.74) is 5.08. The van der Waals surface area contributed by atoms with Crippen LogP contribution in [0, 0.1) is 0 Å². The third kappa shape index (κ3) is 3.65. The molecule has 0 saturated heterocycles. The number of rotatable bonds is 3. The number of benzene rings is 7. The van der Waals surface area contributed by atoms with Crippen molar-refractivity contribution in [3.8, 4) is 33.9 Å². The van der Waals surface area contributed by atoms with Crippen LogP contribution >= 0.6 is 0 Å². The summed E-state index contributed by atoms with van der Waals surface area (Å²) in [6.45, 7) is 0. The van der Waals surface area contributed by atoms with Crippen molar-refractivity contribution >= 4 is 43.1 Å².